The van der Waals surface area contributed by atoms with Crippen LogP contribution >= 0.6 is 11.3 Å². The van der Waals surface area contributed by atoms with Gasteiger partial charge in [0.05, 0.1) is 71.3 Å². The van der Waals surface area contributed by atoms with Crippen LogP contribution < -0.4 is 10.4 Å². The van der Waals surface area contributed by atoms with Gasteiger partial charge in [0.25, 0.3) is 0 Å². The molecule has 1 aliphatic heterocycles. The quantitative estimate of drug-likeness (QED) is 0.113. The molecule has 1 aliphatic rings. The first-order chi connectivity index (χ1) is 85.3. The van der Waals surface area contributed by atoms with Gasteiger partial charge in [-0.05, 0) is 162 Å². The fraction of sp³-hybridized carbons (Fsp3) is 0.0174. The Morgan fingerprint density at radius 2 is 0.698 bits per heavy atom. The lowest BCUT2D eigenvalue weighted by molar-refractivity contribution is 0.668. The Morgan fingerprint density at radius 1 is 0.233 bits per heavy atom. The highest BCUT2D eigenvalue weighted by Crippen LogP contribution is 2.44. The Hall–Kier alpha value is -16.7. The molecule has 129 heavy (non-hydrogen) atoms. The van der Waals surface area contributed by atoms with Gasteiger partial charge in [0.15, 0.2) is 52.4 Å². The van der Waals surface area contributed by atoms with Gasteiger partial charge in [0.1, 0.15) is 41.6 Å². The molecule has 7 aromatic heterocycles. The summed E-state index contributed by atoms with van der Waals surface area (Å²) in [7, 11) is -3.15. The van der Waals surface area contributed by atoms with Crippen molar-refractivity contribution in [3.8, 4) is 136 Å². The zero-order valence-electron chi connectivity index (χ0n) is 118. The predicted octanol–water partition coefficient (Wildman–Crippen LogP) is 29.1. The van der Waals surface area contributed by atoms with Crippen molar-refractivity contribution in [2.24, 2.45) is 0 Å². The van der Waals surface area contributed by atoms with Gasteiger partial charge in [-0.1, -0.05) is 322 Å². The molecule has 0 aliphatic carbocycles. The van der Waals surface area contributed by atoms with Crippen LogP contribution in [0.4, 0.5) is 0 Å². The molecule has 0 saturated carbocycles. The van der Waals surface area contributed by atoms with Crippen LogP contribution in [0.5, 0.6) is 0 Å². The second-order valence-corrected chi connectivity index (χ2v) is 34.3. The zero-order chi connectivity index (χ0) is 131. The standard InChI is InChI=1S/C43H27N3O.C37H21N3OS.C35H25N3OSi/c1-3-11-28(12-4-1)34-24-35(32-20-19-29-13-7-8-16-31(29)23-32)26-36(25-34)43-45-41(30-14-5-2-6-15-30)44-42(46-43)33-21-22-40-38(27-33)37-17-9-10-18-39(37)47-40;1-2-8-22(9-3-1)35-38-36(40-37(39-35)25-16-18-28-27-10-4-6-12-31(27)41-32(28)21-25)24-15-17-26-23(20-24)14-19-30-29-11-5-7-13-33(29)42-34(26)30;1-40(2)30-17-9-7-14-26(30)32-27(15-10-18-31(32)40)35-37-33(22-11-4-3-5-12-22)36-34(38-35)23-19-20-25-24-13-6-8-16-28(24)39-29(25)21-23/h1-27H;1-21H;3-21H,1-2H3/i1D,2D,3D,4D,5D,6D,7D,8D,9D,10D,11D,12D,13D,14D,15D,16D,17D,18D,19D,20D,21D,22D,23D,24D,25D,26D,27D;1D,2D,3D,4D,6D,8D,9D,10D,12D,16D,18D;6D,7D,8D,9D,10D,13D,14D,15D,16D,17D,18D,19D,20D,21D. The number of hydrogen-bond acceptors (Lipinski definition) is 13. The monoisotopic (exact) mass is 1740 g/mol. The average Bonchev–Trinajstić information content (AvgIpc) is 1.53. The highest BCUT2D eigenvalue weighted by Gasteiger charge is 2.39. The second kappa shape index (κ2) is 31.5. The predicted molar refractivity (Wildman–Crippen MR) is 531 cm³/mol. The van der Waals surface area contributed by atoms with E-state index in [0.717, 1.165) is 30.9 Å². The van der Waals surface area contributed by atoms with E-state index in [1.807, 2.05) is 49.5 Å². The highest BCUT2D eigenvalue weighted by molar-refractivity contribution is 7.26. The van der Waals surface area contributed by atoms with Gasteiger partial charge in [-0.2, -0.15) is 0 Å². The number of rotatable bonds is 11. The van der Waals surface area contributed by atoms with Crippen molar-refractivity contribution < 1.29 is 84.5 Å². The number of para-hydroxylation sites is 3. The van der Waals surface area contributed by atoms with E-state index in [1.54, 1.807) is 41.7 Å². The molecule has 0 N–H and O–H groups in total. The maximum Gasteiger partial charge on any atom is 0.164 e. The van der Waals surface area contributed by atoms with E-state index in [2.05, 4.69) is 53.1 Å². The fourth-order valence-corrected chi connectivity index (χ4v) is 18.9. The van der Waals surface area contributed by atoms with Crippen molar-refractivity contribution >= 4 is 137 Å². The zero-order valence-corrected chi connectivity index (χ0v) is 67.6. The molecular weight excluding hydrogens is 1620 g/mol. The number of aromatic nitrogens is 9. The number of benzene rings is 18. The normalized spacial score (nSPS) is 17.8. The van der Waals surface area contributed by atoms with E-state index in [9.17, 15) is 11.0 Å². The Labute approximate surface area is 818 Å². The van der Waals surface area contributed by atoms with E-state index in [1.165, 1.54) is 6.07 Å². The summed E-state index contributed by atoms with van der Waals surface area (Å²) >= 11 is 1.68. The molecule has 0 spiro atoms. The number of hydrogen-bond donors (Lipinski definition) is 0. The highest BCUT2D eigenvalue weighted by atomic mass is 32.1. The van der Waals surface area contributed by atoms with E-state index < -0.39 is 387 Å². The summed E-state index contributed by atoms with van der Waals surface area (Å²) in [5.74, 6) is -3.67. The van der Waals surface area contributed by atoms with Crippen LogP contribution in [0.15, 0.2) is 418 Å². The third-order valence-electron chi connectivity index (χ3n) is 20.9. The first-order valence-corrected chi connectivity index (χ1v) is 42.7. The Bertz CT molecular complexity index is 12100. The van der Waals surface area contributed by atoms with Crippen molar-refractivity contribution in [1.82, 2.24) is 44.9 Å². The summed E-state index contributed by atoms with van der Waals surface area (Å²) in [6, 6.07) is -9.06. The van der Waals surface area contributed by atoms with Crippen LogP contribution in [0.25, 0.3) is 243 Å². The summed E-state index contributed by atoms with van der Waals surface area (Å²) in [5, 5.41) is 2.30. The second-order valence-electron chi connectivity index (χ2n) is 29.0. The molecule has 26 rings (SSSR count). The Morgan fingerprint density at radius 3 is 1.40 bits per heavy atom. The van der Waals surface area contributed by atoms with Crippen LogP contribution in [-0.4, -0.2) is 52.9 Å². The third kappa shape index (κ3) is 13.9. The van der Waals surface area contributed by atoms with Crippen LogP contribution in [-0.2, 0) is 0 Å². The van der Waals surface area contributed by atoms with Gasteiger partial charge in [-0.3, -0.25) is 0 Å². The average molecular weight is 1740 g/mol. The lowest BCUT2D eigenvalue weighted by atomic mass is 9.94. The van der Waals surface area contributed by atoms with Crippen molar-refractivity contribution in [3.05, 3.63) is 405 Å². The number of fused-ring (bicyclic) bond motifs is 18. The molecule has 12 nitrogen and oxygen atoms in total. The Kier molecular flexibility index (Phi) is 9.70. The van der Waals surface area contributed by atoms with E-state index in [-0.39, 0.29) is 136 Å². The topological polar surface area (TPSA) is 155 Å². The van der Waals surface area contributed by atoms with Gasteiger partial charge in [0.2, 0.25) is 0 Å². The number of nitrogens with zero attached hydrogens (tertiary/aromatic N) is 9. The molecule has 0 amide bonds. The van der Waals surface area contributed by atoms with E-state index in [0.29, 0.717) is 21.5 Å². The SMILES string of the molecule is [2H]c1c([2H])c([2H])c(-c2nc(-c3c([2H])c(-c4c([2H])c([2H])c([2H])c([2H])c4[2H])c([2H])c(-c4c([2H])c([2H])c5c([2H])c([2H])c([2H])c([2H])c5c4[2H])c3[2H])nc(-c3c([2H])c([2H])c4oc5c([2H])c([2H])c([2H])c([2H])c5c4c3[2H])n2)c([2H])c1[2H].[2H]c1c([2H])c([2H])c(-c2nc(-c3ccc4c(ccc5c6ccccc6sc45)c3)nc(-c3cc4oc5c([2H])c([2H])c([2H])c([2H])c5c4c([2H])c3[2H])n2)c([2H])c1[2H].[2H]c1c([2H])c([2H])c2c(c1[2H])-c1c(-c3nc(-c4ccccc4)nc(-c4c([2H])c([2H])c5c(oc6c([2H])c([2H])c([2H])c([2H])c65)c4[2H])n3)c([2H])c([2H])c([2H])c1[Si]2(C)C. The molecule has 0 bridgehead atoms. The molecule has 0 fully saturated rings. The van der Waals surface area contributed by atoms with E-state index in [4.69, 9.17) is 83.5 Å². The molecule has 8 heterocycles. The van der Waals surface area contributed by atoms with Crippen LogP contribution in [0.1, 0.15) is 71.3 Å². The maximum absolute atomic E-state index is 9.78. The van der Waals surface area contributed by atoms with Crippen molar-refractivity contribution in [1.29, 1.82) is 0 Å². The van der Waals surface area contributed by atoms with Crippen molar-refractivity contribution in [3.63, 3.8) is 0 Å². The molecular formula is C115H73N9O3SSi. The summed E-state index contributed by atoms with van der Waals surface area (Å²) < 4.78 is 472. The smallest absolute Gasteiger partial charge is 0.164 e. The third-order valence-corrected chi connectivity index (χ3v) is 25.4. The number of furan rings is 3. The van der Waals surface area contributed by atoms with Crippen molar-refractivity contribution in [2.75, 3.05) is 0 Å². The molecule has 0 saturated heterocycles. The van der Waals surface area contributed by atoms with Crippen LogP contribution in [0.2, 0.25) is 13.1 Å². The van der Waals surface area contributed by atoms with Crippen LogP contribution in [0.3, 0.4) is 0 Å². The lowest BCUT2D eigenvalue weighted by Crippen LogP contribution is -2.49. The summed E-state index contributed by atoms with van der Waals surface area (Å²) in [5.41, 5.74) is -7.49. The van der Waals surface area contributed by atoms with Gasteiger partial charge >= 0.3 is 0 Å². The lowest BCUT2D eigenvalue weighted by Gasteiger charge is -2.18. The number of thiophene rings is 1. The van der Waals surface area contributed by atoms with Gasteiger partial charge in [-0.25, -0.2) is 44.9 Å². The van der Waals surface area contributed by atoms with Gasteiger partial charge in [0, 0.05) is 103 Å². The maximum atomic E-state index is 9.78. The van der Waals surface area contributed by atoms with Crippen molar-refractivity contribution in [2.45, 2.75) is 13.1 Å². The molecule has 18 aromatic carbocycles. The summed E-state index contributed by atoms with van der Waals surface area (Å²) in [6.45, 7) is 3.62. The molecule has 0 unspecified atom stereocenters. The minimum atomic E-state index is -3.15. The summed E-state index contributed by atoms with van der Waals surface area (Å²) in [6.07, 6.45) is 0. The summed E-state index contributed by atoms with van der Waals surface area (Å²) in [4.78, 5) is 40.8. The largest absolute Gasteiger partial charge is 0.456 e. The molecule has 14 heteroatoms. The molecule has 606 valence electrons. The fourth-order valence-electron chi connectivity index (χ4n) is 14.9. The minimum Gasteiger partial charge on any atom is -0.456 e. The minimum absolute atomic E-state index is 0.00420. The first-order valence-electron chi connectivity index (χ1n) is 64.9. The molecule has 0 atom stereocenters. The van der Waals surface area contributed by atoms with Gasteiger partial charge in [-0.15, -0.1) is 11.3 Å². The molecule has 25 aromatic rings. The van der Waals surface area contributed by atoms with Gasteiger partial charge < -0.3 is 13.3 Å². The van der Waals surface area contributed by atoms with Crippen LogP contribution in [0, 0.1) is 0 Å². The van der Waals surface area contributed by atoms with E-state index >= 15 is 0 Å². The Balaban J connectivity index is 0.000000141. The first kappa shape index (κ1) is 39.7. The molecule has 0 radical (unpaired) electrons.